The molecule has 2 aromatic heterocycles. The van der Waals surface area contributed by atoms with Crippen molar-refractivity contribution in [1.29, 1.82) is 0 Å². The first kappa shape index (κ1) is 15.3. The van der Waals surface area contributed by atoms with E-state index in [2.05, 4.69) is 51.2 Å². The van der Waals surface area contributed by atoms with Crippen molar-refractivity contribution in [3.05, 3.63) is 53.3 Å². The van der Waals surface area contributed by atoms with Gasteiger partial charge < -0.3 is 4.52 Å². The Labute approximate surface area is 141 Å². The zero-order valence-corrected chi connectivity index (χ0v) is 14.2. The molecule has 1 aromatic carbocycles. The second-order valence-electron chi connectivity index (χ2n) is 6.47. The van der Waals surface area contributed by atoms with Crippen LogP contribution in [0.3, 0.4) is 0 Å². The Kier molecular flexibility index (Phi) is 4.02. The Hall–Kier alpha value is -2.27. The van der Waals surface area contributed by atoms with Crippen molar-refractivity contribution in [2.24, 2.45) is 0 Å². The third-order valence-electron chi connectivity index (χ3n) is 4.75. The average molecular weight is 322 g/mol. The van der Waals surface area contributed by atoms with Crippen LogP contribution >= 0.6 is 0 Å². The zero-order chi connectivity index (χ0) is 16.5. The van der Waals surface area contributed by atoms with E-state index in [1.165, 1.54) is 17.4 Å². The summed E-state index contributed by atoms with van der Waals surface area (Å²) in [6.07, 6.45) is 3.04. The van der Waals surface area contributed by atoms with Gasteiger partial charge in [-0.1, -0.05) is 30.3 Å². The van der Waals surface area contributed by atoms with Gasteiger partial charge in [-0.2, -0.15) is 4.98 Å². The molecular formula is C19H22N4O. The van der Waals surface area contributed by atoms with Gasteiger partial charge in [0.2, 0.25) is 5.89 Å². The van der Waals surface area contributed by atoms with E-state index in [-0.39, 0.29) is 6.04 Å². The van der Waals surface area contributed by atoms with Gasteiger partial charge in [0.1, 0.15) is 0 Å². The number of para-hydroxylation sites is 1. The number of aromatic nitrogens is 3. The number of fused-ring (bicyclic) bond motifs is 1. The molecule has 5 heteroatoms. The molecule has 0 radical (unpaired) electrons. The molecule has 1 unspecified atom stereocenters. The average Bonchev–Trinajstić information content (AvgIpc) is 3.23. The van der Waals surface area contributed by atoms with E-state index < -0.39 is 0 Å². The number of rotatable bonds is 4. The first-order valence-corrected chi connectivity index (χ1v) is 8.66. The lowest BCUT2D eigenvalue weighted by Gasteiger charge is -2.22. The molecule has 3 heterocycles. The zero-order valence-electron chi connectivity index (χ0n) is 14.2. The van der Waals surface area contributed by atoms with Crippen LogP contribution in [0.15, 0.2) is 34.9 Å². The molecular weight excluding hydrogens is 300 g/mol. The van der Waals surface area contributed by atoms with Crippen LogP contribution in [0, 0.1) is 6.92 Å². The predicted molar refractivity (Wildman–Crippen MR) is 92.5 cm³/mol. The monoisotopic (exact) mass is 322 g/mol. The second-order valence-corrected chi connectivity index (χ2v) is 6.47. The van der Waals surface area contributed by atoms with Gasteiger partial charge in [-0.25, -0.2) is 0 Å². The summed E-state index contributed by atoms with van der Waals surface area (Å²) in [7, 11) is 0. The van der Waals surface area contributed by atoms with Crippen molar-refractivity contribution in [2.45, 2.75) is 45.7 Å². The number of hydrogen-bond donors (Lipinski definition) is 0. The maximum Gasteiger partial charge on any atom is 0.226 e. The Bertz CT molecular complexity index is 857. The van der Waals surface area contributed by atoms with Crippen molar-refractivity contribution in [2.75, 3.05) is 6.54 Å². The fourth-order valence-electron chi connectivity index (χ4n) is 3.60. The molecule has 0 N–H and O–H groups in total. The summed E-state index contributed by atoms with van der Waals surface area (Å²) < 4.78 is 5.32. The summed E-state index contributed by atoms with van der Waals surface area (Å²) in [5, 5.41) is 5.43. The number of likely N-dealkylation sites (tertiary alicyclic amines) is 1. The van der Waals surface area contributed by atoms with Crippen LogP contribution in [-0.2, 0) is 13.0 Å². The van der Waals surface area contributed by atoms with Crippen molar-refractivity contribution in [3.63, 3.8) is 0 Å². The Balaban J connectivity index is 1.64. The fourth-order valence-corrected chi connectivity index (χ4v) is 3.60. The molecule has 0 aliphatic carbocycles. The molecule has 1 aliphatic rings. The maximum absolute atomic E-state index is 5.32. The maximum atomic E-state index is 5.32. The summed E-state index contributed by atoms with van der Waals surface area (Å²) in [6.45, 7) is 6.06. The van der Waals surface area contributed by atoms with Crippen LogP contribution in [0.5, 0.6) is 0 Å². The SMILES string of the molecule is CCc1nc(C2CCCN2Cc2cc(C)nc3ccccc23)no1. The molecule has 0 bridgehead atoms. The van der Waals surface area contributed by atoms with Crippen LogP contribution in [-0.4, -0.2) is 26.6 Å². The lowest BCUT2D eigenvalue weighted by atomic mass is 10.1. The van der Waals surface area contributed by atoms with E-state index in [1.807, 2.05) is 13.0 Å². The molecule has 4 rings (SSSR count). The number of hydrogen-bond acceptors (Lipinski definition) is 5. The van der Waals surface area contributed by atoms with Gasteiger partial charge in [0, 0.05) is 24.0 Å². The highest BCUT2D eigenvalue weighted by atomic mass is 16.5. The van der Waals surface area contributed by atoms with Gasteiger partial charge in [-0.15, -0.1) is 0 Å². The lowest BCUT2D eigenvalue weighted by molar-refractivity contribution is 0.235. The topological polar surface area (TPSA) is 55.1 Å². The van der Waals surface area contributed by atoms with E-state index in [1.54, 1.807) is 0 Å². The minimum atomic E-state index is 0.251. The summed E-state index contributed by atoms with van der Waals surface area (Å²) in [4.78, 5) is 11.7. The molecule has 3 aromatic rings. The van der Waals surface area contributed by atoms with Crippen LogP contribution in [0.1, 0.15) is 48.8 Å². The molecule has 0 amide bonds. The van der Waals surface area contributed by atoms with E-state index >= 15 is 0 Å². The van der Waals surface area contributed by atoms with Crippen LogP contribution in [0.25, 0.3) is 10.9 Å². The summed E-state index contributed by atoms with van der Waals surface area (Å²) in [5.74, 6) is 1.56. The van der Waals surface area contributed by atoms with Crippen molar-refractivity contribution in [3.8, 4) is 0 Å². The van der Waals surface area contributed by atoms with Crippen molar-refractivity contribution >= 4 is 10.9 Å². The number of pyridine rings is 1. The van der Waals surface area contributed by atoms with E-state index in [0.717, 1.165) is 48.9 Å². The molecule has 0 saturated carbocycles. The molecule has 1 atom stereocenters. The first-order chi connectivity index (χ1) is 11.7. The molecule has 1 saturated heterocycles. The smallest absolute Gasteiger partial charge is 0.226 e. The molecule has 24 heavy (non-hydrogen) atoms. The quantitative estimate of drug-likeness (QED) is 0.731. The van der Waals surface area contributed by atoms with Gasteiger partial charge >= 0.3 is 0 Å². The molecule has 1 fully saturated rings. The number of nitrogens with zero attached hydrogens (tertiary/aromatic N) is 4. The van der Waals surface area contributed by atoms with Crippen LogP contribution in [0.4, 0.5) is 0 Å². The van der Waals surface area contributed by atoms with Gasteiger partial charge in [0.05, 0.1) is 11.6 Å². The van der Waals surface area contributed by atoms with Crippen molar-refractivity contribution < 1.29 is 4.52 Å². The lowest BCUT2D eigenvalue weighted by Crippen LogP contribution is -2.24. The largest absolute Gasteiger partial charge is 0.339 e. The molecule has 124 valence electrons. The highest BCUT2D eigenvalue weighted by Gasteiger charge is 2.30. The van der Waals surface area contributed by atoms with Gasteiger partial charge in [0.25, 0.3) is 0 Å². The minimum Gasteiger partial charge on any atom is -0.339 e. The van der Waals surface area contributed by atoms with Crippen molar-refractivity contribution in [1.82, 2.24) is 20.0 Å². The number of benzene rings is 1. The molecule has 5 nitrogen and oxygen atoms in total. The minimum absolute atomic E-state index is 0.251. The second kappa shape index (κ2) is 6.32. The van der Waals surface area contributed by atoms with E-state index in [0.29, 0.717) is 0 Å². The Morgan fingerprint density at radius 2 is 2.12 bits per heavy atom. The Morgan fingerprint density at radius 3 is 2.96 bits per heavy atom. The van der Waals surface area contributed by atoms with Gasteiger partial charge in [-0.05, 0) is 44.0 Å². The van der Waals surface area contributed by atoms with Gasteiger partial charge in [0.15, 0.2) is 5.82 Å². The summed E-state index contributed by atoms with van der Waals surface area (Å²) in [6, 6.07) is 10.8. The van der Waals surface area contributed by atoms with E-state index in [9.17, 15) is 0 Å². The van der Waals surface area contributed by atoms with E-state index in [4.69, 9.17) is 4.52 Å². The third kappa shape index (κ3) is 2.80. The number of aryl methyl sites for hydroxylation is 2. The normalized spacial score (nSPS) is 18.5. The first-order valence-electron chi connectivity index (χ1n) is 8.66. The fraction of sp³-hybridized carbons (Fsp3) is 0.421. The molecule has 1 aliphatic heterocycles. The molecule has 0 spiro atoms. The highest BCUT2D eigenvalue weighted by molar-refractivity contribution is 5.82. The predicted octanol–water partition coefficient (Wildman–Crippen LogP) is 3.83. The standard InChI is InChI=1S/C19H22N4O/c1-3-18-21-19(22-24-18)17-9-6-10-23(17)12-14-11-13(2)20-16-8-5-4-7-15(14)16/h4-5,7-8,11,17H,3,6,9-10,12H2,1-2H3. The summed E-state index contributed by atoms with van der Waals surface area (Å²) in [5.41, 5.74) is 3.45. The Morgan fingerprint density at radius 1 is 1.25 bits per heavy atom. The van der Waals surface area contributed by atoms with Gasteiger partial charge in [-0.3, -0.25) is 9.88 Å². The van der Waals surface area contributed by atoms with Crippen LogP contribution in [0.2, 0.25) is 0 Å². The van der Waals surface area contributed by atoms with Crippen LogP contribution < -0.4 is 0 Å². The highest BCUT2D eigenvalue weighted by Crippen LogP contribution is 2.32. The third-order valence-corrected chi connectivity index (χ3v) is 4.75. The summed E-state index contributed by atoms with van der Waals surface area (Å²) >= 11 is 0.